The summed E-state index contributed by atoms with van der Waals surface area (Å²) in [6.07, 6.45) is 3.30. The molecule has 0 N–H and O–H groups in total. The third-order valence-corrected chi connectivity index (χ3v) is 6.14. The van der Waals surface area contributed by atoms with Crippen molar-refractivity contribution in [2.75, 3.05) is 7.11 Å². The number of benzene rings is 2. The molecule has 1 aromatic heterocycles. The van der Waals surface area contributed by atoms with E-state index in [0.29, 0.717) is 0 Å². The van der Waals surface area contributed by atoms with Crippen LogP contribution in [0.3, 0.4) is 0 Å². The molecule has 3 aromatic rings. The summed E-state index contributed by atoms with van der Waals surface area (Å²) in [7, 11) is 1.66. The Kier molecular flexibility index (Phi) is 5.27. The number of likely N-dealkylation sites (tertiary alicyclic amines) is 1. The Balaban J connectivity index is 1.90. The summed E-state index contributed by atoms with van der Waals surface area (Å²) < 4.78 is 5.29. The van der Waals surface area contributed by atoms with Gasteiger partial charge in [0.2, 0.25) is 0 Å². The first-order valence-corrected chi connectivity index (χ1v) is 10.4. The van der Waals surface area contributed by atoms with Crippen molar-refractivity contribution in [1.29, 1.82) is 0 Å². The summed E-state index contributed by atoms with van der Waals surface area (Å²) in [5, 5.41) is 0.928. The lowest BCUT2D eigenvalue weighted by atomic mass is 9.92. The molecule has 2 heterocycles. The summed E-state index contributed by atoms with van der Waals surface area (Å²) in [5.74, 6) is 0.926. The number of piperidine rings is 1. The van der Waals surface area contributed by atoms with Gasteiger partial charge in [-0.25, -0.2) is 4.98 Å². The fraction of sp³-hybridized carbons (Fsp3) is 0.360. The minimum Gasteiger partial charge on any atom is -0.497 e. The molecule has 1 saturated heterocycles. The molecular weight excluding hydrogens is 360 g/mol. The molecule has 1 fully saturated rings. The first-order valence-electron chi connectivity index (χ1n) is 10.4. The van der Waals surface area contributed by atoms with Crippen LogP contribution in [-0.2, 0) is 0 Å². The van der Waals surface area contributed by atoms with Crippen LogP contribution in [0.5, 0.6) is 5.75 Å². The maximum absolute atomic E-state index is 13.8. The summed E-state index contributed by atoms with van der Waals surface area (Å²) in [4.78, 5) is 20.8. The lowest BCUT2D eigenvalue weighted by Crippen LogP contribution is -2.47. The molecule has 0 aliphatic carbocycles. The van der Waals surface area contributed by atoms with Crippen LogP contribution in [0.1, 0.15) is 49.0 Å². The van der Waals surface area contributed by atoms with Gasteiger partial charge in [-0.05, 0) is 75.9 Å². The van der Waals surface area contributed by atoms with Gasteiger partial charge in [0.1, 0.15) is 5.75 Å². The Morgan fingerprint density at radius 1 is 1.03 bits per heavy atom. The van der Waals surface area contributed by atoms with Gasteiger partial charge in [-0.1, -0.05) is 18.2 Å². The molecule has 2 unspecified atom stereocenters. The van der Waals surface area contributed by atoms with Crippen molar-refractivity contribution in [2.45, 2.75) is 52.1 Å². The predicted molar refractivity (Wildman–Crippen MR) is 117 cm³/mol. The van der Waals surface area contributed by atoms with Crippen LogP contribution in [-0.4, -0.2) is 35.0 Å². The van der Waals surface area contributed by atoms with Gasteiger partial charge in [0.15, 0.2) is 0 Å². The maximum atomic E-state index is 13.8. The van der Waals surface area contributed by atoms with Crippen LogP contribution < -0.4 is 4.74 Å². The van der Waals surface area contributed by atoms with Crippen LogP contribution in [0.15, 0.2) is 48.5 Å². The number of methoxy groups -OCH3 is 1. The fourth-order valence-corrected chi connectivity index (χ4v) is 4.56. The Labute approximate surface area is 172 Å². The molecule has 1 aliphatic rings. The highest BCUT2D eigenvalue weighted by Gasteiger charge is 2.32. The Morgan fingerprint density at radius 3 is 2.34 bits per heavy atom. The third-order valence-electron chi connectivity index (χ3n) is 6.14. The van der Waals surface area contributed by atoms with Gasteiger partial charge in [0.05, 0.1) is 23.9 Å². The SMILES string of the molecule is COc1ccc(-c2nc3ccccc3c(C(=O)N3C(C)CCCC3C)c2C)cc1. The van der Waals surface area contributed by atoms with Gasteiger partial charge in [0.25, 0.3) is 5.91 Å². The fourth-order valence-electron chi connectivity index (χ4n) is 4.56. The zero-order valence-electron chi connectivity index (χ0n) is 17.6. The number of carbonyl (C=O) groups is 1. The number of ether oxygens (including phenoxy) is 1. The molecule has 1 amide bonds. The van der Waals surface area contributed by atoms with E-state index in [4.69, 9.17) is 9.72 Å². The maximum Gasteiger partial charge on any atom is 0.255 e. The average molecular weight is 389 g/mol. The Hall–Kier alpha value is -2.88. The number of hydrogen-bond acceptors (Lipinski definition) is 3. The quantitative estimate of drug-likeness (QED) is 0.585. The molecule has 4 nitrogen and oxygen atoms in total. The van der Waals surface area contributed by atoms with Gasteiger partial charge in [-0.3, -0.25) is 4.79 Å². The highest BCUT2D eigenvalue weighted by molar-refractivity contribution is 6.09. The molecule has 0 radical (unpaired) electrons. The molecule has 2 aromatic carbocycles. The van der Waals surface area contributed by atoms with Crippen molar-refractivity contribution < 1.29 is 9.53 Å². The van der Waals surface area contributed by atoms with Crippen LogP contribution in [0.2, 0.25) is 0 Å². The second kappa shape index (κ2) is 7.86. The van der Waals surface area contributed by atoms with Crippen LogP contribution >= 0.6 is 0 Å². The summed E-state index contributed by atoms with van der Waals surface area (Å²) in [6, 6.07) is 16.3. The monoisotopic (exact) mass is 388 g/mol. The van der Waals surface area contributed by atoms with E-state index < -0.39 is 0 Å². The lowest BCUT2D eigenvalue weighted by Gasteiger charge is -2.39. The number of fused-ring (bicyclic) bond motifs is 1. The highest BCUT2D eigenvalue weighted by Crippen LogP contribution is 2.33. The van der Waals surface area contributed by atoms with Gasteiger partial charge in [-0.15, -0.1) is 0 Å². The topological polar surface area (TPSA) is 42.4 Å². The standard InChI is InChI=1S/C25H28N2O2/c1-16-8-7-9-17(2)27(16)25(28)23-18(3)24(19-12-14-20(29-4)15-13-19)26-22-11-6-5-10-21(22)23/h5-6,10-17H,7-9H2,1-4H3. The number of pyridine rings is 1. The zero-order chi connectivity index (χ0) is 20.5. The van der Waals surface area contributed by atoms with E-state index in [2.05, 4.69) is 18.7 Å². The third kappa shape index (κ3) is 3.48. The number of para-hydroxylation sites is 1. The molecule has 0 saturated carbocycles. The summed E-state index contributed by atoms with van der Waals surface area (Å²) >= 11 is 0. The summed E-state index contributed by atoms with van der Waals surface area (Å²) in [6.45, 7) is 6.35. The smallest absolute Gasteiger partial charge is 0.255 e. The second-order valence-electron chi connectivity index (χ2n) is 8.05. The van der Waals surface area contributed by atoms with E-state index in [-0.39, 0.29) is 18.0 Å². The van der Waals surface area contributed by atoms with E-state index in [1.165, 1.54) is 6.42 Å². The Morgan fingerprint density at radius 2 is 1.69 bits per heavy atom. The van der Waals surface area contributed by atoms with Crippen molar-refractivity contribution in [3.63, 3.8) is 0 Å². The lowest BCUT2D eigenvalue weighted by molar-refractivity contribution is 0.0512. The van der Waals surface area contributed by atoms with Crippen molar-refractivity contribution in [1.82, 2.24) is 9.88 Å². The number of carbonyl (C=O) groups excluding carboxylic acids is 1. The minimum absolute atomic E-state index is 0.121. The Bertz CT molecular complexity index is 1030. The van der Waals surface area contributed by atoms with Crippen LogP contribution in [0.25, 0.3) is 22.2 Å². The minimum atomic E-state index is 0.121. The molecule has 2 atom stereocenters. The zero-order valence-corrected chi connectivity index (χ0v) is 17.6. The van der Waals surface area contributed by atoms with Crippen molar-refractivity contribution in [3.8, 4) is 17.0 Å². The highest BCUT2D eigenvalue weighted by atomic mass is 16.5. The van der Waals surface area contributed by atoms with E-state index in [1.54, 1.807) is 7.11 Å². The van der Waals surface area contributed by atoms with Gasteiger partial charge >= 0.3 is 0 Å². The number of rotatable bonds is 3. The average Bonchev–Trinajstić information content (AvgIpc) is 2.73. The molecule has 29 heavy (non-hydrogen) atoms. The molecule has 0 spiro atoms. The largest absolute Gasteiger partial charge is 0.497 e. The number of amides is 1. The van der Waals surface area contributed by atoms with E-state index >= 15 is 0 Å². The molecule has 0 bridgehead atoms. The molecule has 4 heteroatoms. The number of nitrogens with zero attached hydrogens (tertiary/aromatic N) is 2. The van der Waals surface area contributed by atoms with Gasteiger partial charge < -0.3 is 9.64 Å². The summed E-state index contributed by atoms with van der Waals surface area (Å²) in [5.41, 5.74) is 4.41. The van der Waals surface area contributed by atoms with E-state index in [0.717, 1.165) is 51.9 Å². The van der Waals surface area contributed by atoms with E-state index in [9.17, 15) is 4.79 Å². The molecule has 4 rings (SSSR count). The van der Waals surface area contributed by atoms with Crippen LogP contribution in [0, 0.1) is 6.92 Å². The van der Waals surface area contributed by atoms with Crippen molar-refractivity contribution in [2.24, 2.45) is 0 Å². The predicted octanol–water partition coefficient (Wildman–Crippen LogP) is 5.62. The van der Waals surface area contributed by atoms with Crippen molar-refractivity contribution >= 4 is 16.8 Å². The normalized spacial score (nSPS) is 19.4. The number of hydrogen-bond donors (Lipinski definition) is 0. The first kappa shape index (κ1) is 19.4. The van der Waals surface area contributed by atoms with Crippen LogP contribution in [0.4, 0.5) is 0 Å². The molecular formula is C25H28N2O2. The van der Waals surface area contributed by atoms with Crippen molar-refractivity contribution in [3.05, 3.63) is 59.7 Å². The second-order valence-corrected chi connectivity index (χ2v) is 8.05. The van der Waals surface area contributed by atoms with Gasteiger partial charge in [-0.2, -0.15) is 0 Å². The van der Waals surface area contributed by atoms with Gasteiger partial charge in [0, 0.05) is 23.0 Å². The molecule has 1 aliphatic heterocycles. The van der Waals surface area contributed by atoms with E-state index in [1.807, 2.05) is 55.5 Å². The number of aromatic nitrogens is 1. The molecule has 150 valence electrons. The first-order chi connectivity index (χ1) is 14.0.